The third-order valence-electron chi connectivity index (χ3n) is 4.64. The van der Waals surface area contributed by atoms with Crippen LogP contribution in [0.5, 0.6) is 5.75 Å². The molecule has 1 saturated heterocycles. The highest BCUT2D eigenvalue weighted by molar-refractivity contribution is 5.65. The van der Waals surface area contributed by atoms with Gasteiger partial charge in [-0.15, -0.1) is 0 Å². The van der Waals surface area contributed by atoms with Crippen LogP contribution in [0.1, 0.15) is 36.1 Å². The van der Waals surface area contributed by atoms with E-state index in [-0.39, 0.29) is 12.1 Å². The minimum Gasteiger partial charge on any atom is -0.506 e. The molecule has 3 nitrogen and oxygen atoms in total. The van der Waals surface area contributed by atoms with Crippen LogP contribution < -0.4 is 5.32 Å². The minimum absolute atomic E-state index is 0.0762. The molecule has 0 unspecified atom stereocenters. The van der Waals surface area contributed by atoms with Crippen molar-refractivity contribution in [1.29, 1.82) is 0 Å². The monoisotopic (exact) mass is 281 g/mol. The van der Waals surface area contributed by atoms with E-state index >= 15 is 0 Å². The summed E-state index contributed by atoms with van der Waals surface area (Å²) in [6, 6.07) is 16.3. The van der Waals surface area contributed by atoms with E-state index in [1.165, 1.54) is 5.56 Å². The van der Waals surface area contributed by atoms with Gasteiger partial charge in [-0.05, 0) is 24.5 Å². The molecule has 0 radical (unpaired) electrons. The van der Waals surface area contributed by atoms with Crippen LogP contribution in [0.4, 0.5) is 5.69 Å². The summed E-state index contributed by atoms with van der Waals surface area (Å²) in [7, 11) is 0. The molecule has 3 heteroatoms. The van der Waals surface area contributed by atoms with Gasteiger partial charge in [0.1, 0.15) is 5.75 Å². The Kier molecular flexibility index (Phi) is 3.08. The molecule has 1 fully saturated rings. The van der Waals surface area contributed by atoms with E-state index in [1.807, 2.05) is 12.1 Å². The van der Waals surface area contributed by atoms with Gasteiger partial charge < -0.3 is 15.2 Å². The average Bonchev–Trinajstić information content (AvgIpc) is 2.55. The lowest BCUT2D eigenvalue weighted by atomic mass is 9.77. The second-order valence-corrected chi connectivity index (χ2v) is 5.87. The maximum absolute atomic E-state index is 10.2. The molecule has 2 aromatic rings. The Morgan fingerprint density at radius 1 is 1.05 bits per heavy atom. The molecule has 21 heavy (non-hydrogen) atoms. The summed E-state index contributed by atoms with van der Waals surface area (Å²) < 4.78 is 6.06. The van der Waals surface area contributed by atoms with Crippen molar-refractivity contribution in [2.24, 2.45) is 5.92 Å². The van der Waals surface area contributed by atoms with Gasteiger partial charge in [0.15, 0.2) is 0 Å². The van der Waals surface area contributed by atoms with Gasteiger partial charge in [0.25, 0.3) is 0 Å². The Labute approximate surface area is 124 Å². The zero-order chi connectivity index (χ0) is 14.2. The number of rotatable bonds is 1. The van der Waals surface area contributed by atoms with Crippen LogP contribution in [0.3, 0.4) is 0 Å². The number of anilines is 1. The SMILES string of the molecule is Oc1cccc2c1N[C@H](c1ccccc1)[C@H]1CCCO[C@@H]21. The number of phenolic OH excluding ortho intramolecular Hbond substituents is 1. The number of phenols is 1. The van der Waals surface area contributed by atoms with Crippen molar-refractivity contribution in [2.75, 3.05) is 11.9 Å². The number of aromatic hydroxyl groups is 1. The van der Waals surface area contributed by atoms with E-state index in [0.29, 0.717) is 11.7 Å². The van der Waals surface area contributed by atoms with Crippen molar-refractivity contribution < 1.29 is 9.84 Å². The maximum Gasteiger partial charge on any atom is 0.139 e. The van der Waals surface area contributed by atoms with E-state index in [0.717, 1.165) is 30.7 Å². The van der Waals surface area contributed by atoms with Gasteiger partial charge in [-0.2, -0.15) is 0 Å². The highest BCUT2D eigenvalue weighted by Gasteiger charge is 2.40. The number of fused-ring (bicyclic) bond motifs is 3. The first-order valence-electron chi connectivity index (χ1n) is 7.59. The fourth-order valence-corrected chi connectivity index (χ4v) is 3.67. The molecule has 2 aliphatic heterocycles. The van der Waals surface area contributed by atoms with Crippen LogP contribution in [0.25, 0.3) is 0 Å². The van der Waals surface area contributed by atoms with Gasteiger partial charge in [0.05, 0.1) is 17.8 Å². The summed E-state index contributed by atoms with van der Waals surface area (Å²) in [5.74, 6) is 0.719. The normalized spacial score (nSPS) is 27.3. The predicted molar refractivity (Wildman–Crippen MR) is 82.3 cm³/mol. The van der Waals surface area contributed by atoms with E-state index in [4.69, 9.17) is 4.74 Å². The summed E-state index contributed by atoms with van der Waals surface area (Å²) in [5.41, 5.74) is 3.17. The van der Waals surface area contributed by atoms with Crippen LogP contribution in [-0.4, -0.2) is 11.7 Å². The Morgan fingerprint density at radius 3 is 2.76 bits per heavy atom. The number of nitrogens with one attached hydrogen (secondary N) is 1. The third kappa shape index (κ3) is 2.09. The zero-order valence-electron chi connectivity index (χ0n) is 11.8. The minimum atomic E-state index is 0.0762. The van der Waals surface area contributed by atoms with Gasteiger partial charge in [-0.3, -0.25) is 0 Å². The Bertz CT molecular complexity index is 641. The molecule has 0 saturated carbocycles. The van der Waals surface area contributed by atoms with Gasteiger partial charge >= 0.3 is 0 Å². The zero-order valence-corrected chi connectivity index (χ0v) is 11.8. The highest BCUT2D eigenvalue weighted by atomic mass is 16.5. The fourth-order valence-electron chi connectivity index (χ4n) is 3.67. The van der Waals surface area contributed by atoms with Crippen LogP contribution >= 0.6 is 0 Å². The Balaban J connectivity index is 1.81. The maximum atomic E-state index is 10.2. The number of hydrogen-bond acceptors (Lipinski definition) is 3. The van der Waals surface area contributed by atoms with Crippen molar-refractivity contribution in [3.63, 3.8) is 0 Å². The number of para-hydroxylation sites is 1. The molecular formula is C18H19NO2. The van der Waals surface area contributed by atoms with Crippen LogP contribution in [0.15, 0.2) is 48.5 Å². The molecule has 0 amide bonds. The number of ether oxygens (including phenoxy) is 1. The fraction of sp³-hybridized carbons (Fsp3) is 0.333. The number of benzene rings is 2. The van der Waals surface area contributed by atoms with E-state index < -0.39 is 0 Å². The topological polar surface area (TPSA) is 41.5 Å². The van der Waals surface area contributed by atoms with Crippen molar-refractivity contribution in [2.45, 2.75) is 25.0 Å². The lowest BCUT2D eigenvalue weighted by Crippen LogP contribution is -2.35. The summed E-state index contributed by atoms with van der Waals surface area (Å²) in [4.78, 5) is 0. The van der Waals surface area contributed by atoms with E-state index in [2.05, 4.69) is 35.6 Å². The van der Waals surface area contributed by atoms with Crippen LogP contribution in [-0.2, 0) is 4.74 Å². The first-order valence-corrected chi connectivity index (χ1v) is 7.59. The molecule has 0 bridgehead atoms. The van der Waals surface area contributed by atoms with Crippen molar-refractivity contribution in [1.82, 2.24) is 0 Å². The lowest BCUT2D eigenvalue weighted by molar-refractivity contribution is -0.0382. The van der Waals surface area contributed by atoms with Crippen molar-refractivity contribution >= 4 is 5.69 Å². The summed E-state index contributed by atoms with van der Waals surface area (Å²) >= 11 is 0. The van der Waals surface area contributed by atoms with E-state index in [1.54, 1.807) is 6.07 Å². The first-order chi connectivity index (χ1) is 10.3. The molecule has 2 heterocycles. The summed E-state index contributed by atoms with van der Waals surface area (Å²) in [6.07, 6.45) is 2.32. The van der Waals surface area contributed by atoms with Gasteiger partial charge in [0, 0.05) is 18.1 Å². The van der Waals surface area contributed by atoms with Gasteiger partial charge in [-0.1, -0.05) is 42.5 Å². The largest absolute Gasteiger partial charge is 0.506 e. The van der Waals surface area contributed by atoms with Crippen molar-refractivity contribution in [3.05, 3.63) is 59.7 Å². The Hall–Kier alpha value is -2.00. The van der Waals surface area contributed by atoms with Crippen LogP contribution in [0.2, 0.25) is 0 Å². The quantitative estimate of drug-likeness (QED) is 0.776. The molecule has 0 aliphatic carbocycles. The van der Waals surface area contributed by atoms with Gasteiger partial charge in [0.2, 0.25) is 0 Å². The van der Waals surface area contributed by atoms with E-state index in [9.17, 15) is 5.11 Å². The lowest BCUT2D eigenvalue weighted by Gasteiger charge is -2.43. The molecule has 108 valence electrons. The predicted octanol–water partition coefficient (Wildman–Crippen LogP) is 4.03. The third-order valence-corrected chi connectivity index (χ3v) is 4.64. The summed E-state index contributed by atoms with van der Waals surface area (Å²) in [5, 5.41) is 13.7. The average molecular weight is 281 g/mol. The second-order valence-electron chi connectivity index (χ2n) is 5.87. The van der Waals surface area contributed by atoms with Crippen molar-refractivity contribution in [3.8, 4) is 5.75 Å². The molecule has 0 spiro atoms. The molecule has 0 aromatic heterocycles. The smallest absolute Gasteiger partial charge is 0.139 e. The molecule has 2 N–H and O–H groups in total. The Morgan fingerprint density at radius 2 is 1.90 bits per heavy atom. The molecule has 2 aromatic carbocycles. The van der Waals surface area contributed by atoms with Crippen LogP contribution in [0, 0.1) is 5.92 Å². The standard InChI is InChI=1S/C18H19NO2/c20-15-10-4-8-14-17(15)19-16(12-6-2-1-3-7-12)13-9-5-11-21-18(13)14/h1-4,6-8,10,13,16,18-20H,5,9,11H2/t13-,16-,18-/m1/s1. The highest BCUT2D eigenvalue weighted by Crippen LogP contribution is 2.51. The number of hydrogen-bond donors (Lipinski definition) is 2. The first kappa shape index (κ1) is 12.7. The molecular weight excluding hydrogens is 262 g/mol. The molecule has 2 aliphatic rings. The van der Waals surface area contributed by atoms with Gasteiger partial charge in [-0.25, -0.2) is 0 Å². The second kappa shape index (κ2) is 5.08. The molecule has 4 rings (SSSR count). The molecule has 3 atom stereocenters. The summed E-state index contributed by atoms with van der Waals surface area (Å²) in [6.45, 7) is 0.803.